The Morgan fingerprint density at radius 3 is 2.29 bits per heavy atom. The lowest BCUT2D eigenvalue weighted by atomic mass is 10.1. The highest BCUT2D eigenvalue weighted by molar-refractivity contribution is 7.89. The molecule has 0 radical (unpaired) electrons. The van der Waals surface area contributed by atoms with Crippen LogP contribution in [-0.4, -0.2) is 27.0 Å². The van der Waals surface area contributed by atoms with Gasteiger partial charge in [0.05, 0.1) is 22.8 Å². The van der Waals surface area contributed by atoms with Gasteiger partial charge in [0.25, 0.3) is 0 Å². The van der Waals surface area contributed by atoms with Gasteiger partial charge in [-0.25, -0.2) is 8.42 Å². The van der Waals surface area contributed by atoms with E-state index in [1.54, 1.807) is 37.3 Å². The van der Waals surface area contributed by atoms with Gasteiger partial charge < -0.3 is 10.1 Å². The van der Waals surface area contributed by atoms with Gasteiger partial charge in [0, 0.05) is 5.02 Å². The molecule has 0 aromatic heterocycles. The molecular formula is C24H22ClF3N2O4S. The first kappa shape index (κ1) is 26.5. The van der Waals surface area contributed by atoms with Gasteiger partial charge in [0.1, 0.15) is 11.8 Å². The maximum atomic E-state index is 13.5. The molecule has 6 nitrogen and oxygen atoms in total. The number of sulfonamides is 1. The van der Waals surface area contributed by atoms with Gasteiger partial charge in [-0.15, -0.1) is 0 Å². The Morgan fingerprint density at radius 2 is 1.69 bits per heavy atom. The number of carbonyl (C=O) groups is 1. The van der Waals surface area contributed by atoms with Crippen LogP contribution in [0.5, 0.6) is 5.75 Å². The molecule has 0 bridgehead atoms. The van der Waals surface area contributed by atoms with Crippen LogP contribution in [0.2, 0.25) is 5.02 Å². The molecule has 186 valence electrons. The zero-order valence-corrected chi connectivity index (χ0v) is 20.0. The Balaban J connectivity index is 1.91. The summed E-state index contributed by atoms with van der Waals surface area (Å²) in [6.07, 6.45) is -4.89. The van der Waals surface area contributed by atoms with E-state index >= 15 is 0 Å². The molecule has 3 rings (SSSR count). The van der Waals surface area contributed by atoms with E-state index in [1.165, 1.54) is 30.3 Å². The maximum absolute atomic E-state index is 13.5. The van der Waals surface area contributed by atoms with E-state index in [-0.39, 0.29) is 16.3 Å². The SMILES string of the molecule is CCOc1ccc(S(=O)(=O)N[C@H](Cc2ccccc2)C(=O)Nc2ccc(Cl)cc2C(F)(F)F)cc1. The second-order valence-corrected chi connectivity index (χ2v) is 9.60. The van der Waals surface area contributed by atoms with Gasteiger partial charge in [-0.2, -0.15) is 17.9 Å². The van der Waals surface area contributed by atoms with Crippen molar-refractivity contribution < 1.29 is 31.1 Å². The highest BCUT2D eigenvalue weighted by Crippen LogP contribution is 2.36. The number of alkyl halides is 3. The van der Waals surface area contributed by atoms with Crippen LogP contribution in [0, 0.1) is 0 Å². The molecule has 3 aromatic rings. The van der Waals surface area contributed by atoms with Crippen LogP contribution in [0.25, 0.3) is 0 Å². The number of carbonyl (C=O) groups excluding carboxylic acids is 1. The summed E-state index contributed by atoms with van der Waals surface area (Å²) in [6.45, 7) is 2.18. The molecule has 0 unspecified atom stereocenters. The monoisotopic (exact) mass is 526 g/mol. The third kappa shape index (κ3) is 7.20. The summed E-state index contributed by atoms with van der Waals surface area (Å²) in [5.41, 5.74) is -1.08. The minimum Gasteiger partial charge on any atom is -0.494 e. The molecule has 3 aromatic carbocycles. The number of hydrogen-bond acceptors (Lipinski definition) is 4. The second-order valence-electron chi connectivity index (χ2n) is 7.44. The molecule has 0 spiro atoms. The van der Waals surface area contributed by atoms with E-state index < -0.39 is 39.4 Å². The molecule has 0 aliphatic heterocycles. The lowest BCUT2D eigenvalue weighted by Gasteiger charge is -2.21. The number of nitrogens with one attached hydrogen (secondary N) is 2. The normalized spacial score (nSPS) is 12.7. The van der Waals surface area contributed by atoms with Gasteiger partial charge in [-0.1, -0.05) is 41.9 Å². The van der Waals surface area contributed by atoms with E-state index in [0.29, 0.717) is 24.0 Å². The molecule has 0 fully saturated rings. The van der Waals surface area contributed by atoms with Gasteiger partial charge in [-0.05, 0) is 61.4 Å². The van der Waals surface area contributed by atoms with Crippen molar-refractivity contribution in [2.75, 3.05) is 11.9 Å². The first-order valence-electron chi connectivity index (χ1n) is 10.5. The van der Waals surface area contributed by atoms with Crippen molar-refractivity contribution in [3.63, 3.8) is 0 Å². The Kier molecular flexibility index (Phi) is 8.42. The van der Waals surface area contributed by atoms with Crippen LogP contribution in [0.1, 0.15) is 18.1 Å². The minimum absolute atomic E-state index is 0.0993. The Bertz CT molecular complexity index is 1270. The van der Waals surface area contributed by atoms with Crippen molar-refractivity contribution in [2.45, 2.75) is 30.5 Å². The largest absolute Gasteiger partial charge is 0.494 e. The second kappa shape index (κ2) is 11.1. The third-order valence-electron chi connectivity index (χ3n) is 4.89. The van der Waals surface area contributed by atoms with Crippen molar-refractivity contribution in [3.8, 4) is 5.75 Å². The van der Waals surface area contributed by atoms with Crippen molar-refractivity contribution in [1.29, 1.82) is 0 Å². The minimum atomic E-state index is -4.79. The van der Waals surface area contributed by atoms with E-state index in [4.69, 9.17) is 16.3 Å². The predicted molar refractivity (Wildman–Crippen MR) is 127 cm³/mol. The van der Waals surface area contributed by atoms with Gasteiger partial charge in [0.15, 0.2) is 0 Å². The number of amides is 1. The topological polar surface area (TPSA) is 84.5 Å². The fourth-order valence-corrected chi connectivity index (χ4v) is 4.62. The van der Waals surface area contributed by atoms with Crippen molar-refractivity contribution in [2.24, 2.45) is 0 Å². The van der Waals surface area contributed by atoms with Crippen LogP contribution in [0.4, 0.5) is 18.9 Å². The molecule has 1 amide bonds. The number of hydrogen-bond donors (Lipinski definition) is 2. The average molecular weight is 527 g/mol. The summed E-state index contributed by atoms with van der Waals surface area (Å²) in [5, 5.41) is 2.04. The lowest BCUT2D eigenvalue weighted by Crippen LogP contribution is -2.45. The third-order valence-corrected chi connectivity index (χ3v) is 6.61. The van der Waals surface area contributed by atoms with E-state index in [2.05, 4.69) is 10.0 Å². The summed E-state index contributed by atoms with van der Waals surface area (Å²) in [7, 11) is -4.20. The maximum Gasteiger partial charge on any atom is 0.418 e. The number of anilines is 1. The Labute approximate surface area is 206 Å². The molecule has 0 heterocycles. The van der Waals surface area contributed by atoms with Crippen LogP contribution < -0.4 is 14.8 Å². The quantitative estimate of drug-likeness (QED) is 0.397. The summed E-state index contributed by atoms with van der Waals surface area (Å²) >= 11 is 5.70. The fraction of sp³-hybridized carbons (Fsp3) is 0.208. The van der Waals surface area contributed by atoms with Crippen molar-refractivity contribution in [1.82, 2.24) is 4.72 Å². The number of rotatable bonds is 9. The molecule has 1 atom stereocenters. The summed E-state index contributed by atoms with van der Waals surface area (Å²) < 4.78 is 74.0. The van der Waals surface area contributed by atoms with Gasteiger partial charge >= 0.3 is 6.18 Å². The molecular weight excluding hydrogens is 505 g/mol. The van der Waals surface area contributed by atoms with Crippen LogP contribution >= 0.6 is 11.6 Å². The van der Waals surface area contributed by atoms with E-state index in [1.807, 2.05) is 0 Å². The van der Waals surface area contributed by atoms with Crippen molar-refractivity contribution in [3.05, 3.63) is 88.9 Å². The van der Waals surface area contributed by atoms with Crippen LogP contribution in [0.15, 0.2) is 77.7 Å². The molecule has 35 heavy (non-hydrogen) atoms. The Morgan fingerprint density at radius 1 is 1.03 bits per heavy atom. The molecule has 2 N–H and O–H groups in total. The molecule has 0 saturated heterocycles. The van der Waals surface area contributed by atoms with Crippen LogP contribution in [0.3, 0.4) is 0 Å². The zero-order chi connectivity index (χ0) is 25.6. The molecule has 0 saturated carbocycles. The van der Waals surface area contributed by atoms with Gasteiger partial charge in [-0.3, -0.25) is 4.79 Å². The molecule has 11 heteroatoms. The highest BCUT2D eigenvalue weighted by Gasteiger charge is 2.35. The first-order valence-corrected chi connectivity index (χ1v) is 12.3. The standard InChI is InChI=1S/C24H22ClF3N2O4S/c1-2-34-18-9-11-19(12-10-18)35(32,33)30-22(14-16-6-4-3-5-7-16)23(31)29-21-13-8-17(25)15-20(21)24(26,27)28/h3-13,15,22,30H,2,14H2,1H3,(H,29,31)/t22-/m1/s1. The number of ether oxygens (including phenoxy) is 1. The predicted octanol–water partition coefficient (Wildman–Crippen LogP) is 5.29. The summed E-state index contributed by atoms with van der Waals surface area (Å²) in [4.78, 5) is 12.9. The summed E-state index contributed by atoms with van der Waals surface area (Å²) in [5.74, 6) is -0.497. The average Bonchev–Trinajstić information content (AvgIpc) is 2.80. The Hall–Kier alpha value is -3.08. The van der Waals surface area contributed by atoms with Crippen LogP contribution in [-0.2, 0) is 27.4 Å². The highest BCUT2D eigenvalue weighted by atomic mass is 35.5. The smallest absolute Gasteiger partial charge is 0.418 e. The fourth-order valence-electron chi connectivity index (χ4n) is 3.25. The first-order chi connectivity index (χ1) is 16.5. The van der Waals surface area contributed by atoms with Gasteiger partial charge in [0.2, 0.25) is 15.9 Å². The van der Waals surface area contributed by atoms with E-state index in [9.17, 15) is 26.4 Å². The molecule has 0 aliphatic carbocycles. The summed E-state index contributed by atoms with van der Waals surface area (Å²) in [6, 6.07) is 15.5. The lowest BCUT2D eigenvalue weighted by molar-refractivity contribution is -0.137. The van der Waals surface area contributed by atoms with E-state index in [0.717, 1.165) is 6.07 Å². The van der Waals surface area contributed by atoms with Crippen molar-refractivity contribution >= 4 is 33.2 Å². The number of halogens is 4. The molecule has 0 aliphatic rings. The number of benzene rings is 3. The zero-order valence-electron chi connectivity index (χ0n) is 18.5.